The molecule has 0 spiro atoms. The van der Waals surface area contributed by atoms with E-state index in [1.165, 1.54) is 5.56 Å². The van der Waals surface area contributed by atoms with Crippen LogP contribution in [0.4, 0.5) is 5.82 Å². The van der Waals surface area contributed by atoms with Crippen molar-refractivity contribution in [1.82, 2.24) is 9.78 Å². The van der Waals surface area contributed by atoms with Crippen LogP contribution in [0.5, 0.6) is 11.5 Å². The zero-order valence-electron chi connectivity index (χ0n) is 14.0. The van der Waals surface area contributed by atoms with Gasteiger partial charge in [0.05, 0.1) is 17.8 Å². The molecule has 1 aliphatic rings. The summed E-state index contributed by atoms with van der Waals surface area (Å²) in [7, 11) is 0. The van der Waals surface area contributed by atoms with Crippen LogP contribution in [0.15, 0.2) is 48.7 Å². The smallest absolute Gasteiger partial charge is 0.257 e. The van der Waals surface area contributed by atoms with Crippen LogP contribution in [0.3, 0.4) is 0 Å². The molecule has 0 aliphatic carbocycles. The molecule has 132 valence electrons. The number of aryl methyl sites for hydroxylation is 1. The third kappa shape index (κ3) is 3.23. The Morgan fingerprint density at radius 2 is 2.15 bits per heavy atom. The fraction of sp³-hybridized carbons (Fsp3) is 0.158. The van der Waals surface area contributed by atoms with Gasteiger partial charge in [0.1, 0.15) is 5.82 Å². The van der Waals surface area contributed by atoms with E-state index in [1.54, 1.807) is 29.1 Å². The number of carbonyl (C=O) groups is 1. The first kappa shape index (κ1) is 16.5. The summed E-state index contributed by atoms with van der Waals surface area (Å²) < 4.78 is 12.3. The number of hydrogen-bond donors (Lipinski definition) is 1. The molecule has 7 heteroatoms. The maximum atomic E-state index is 12.6. The summed E-state index contributed by atoms with van der Waals surface area (Å²) in [5, 5.41) is 7.51. The molecule has 0 saturated carbocycles. The molecular formula is C19H16ClN3O3. The molecule has 0 atom stereocenters. The number of nitrogens with zero attached hydrogens (tertiary/aromatic N) is 2. The molecular weight excluding hydrogens is 354 g/mol. The fourth-order valence-electron chi connectivity index (χ4n) is 2.84. The van der Waals surface area contributed by atoms with Gasteiger partial charge in [-0.3, -0.25) is 4.79 Å². The maximum Gasteiger partial charge on any atom is 0.257 e. The van der Waals surface area contributed by atoms with Crippen molar-refractivity contribution in [3.63, 3.8) is 0 Å². The van der Waals surface area contributed by atoms with Crippen LogP contribution in [0.25, 0.3) is 0 Å². The standard InChI is InChI=1S/C19H16ClN3O3/c1-12-3-2-4-13(7-12)10-23-17(5-6-21-23)22-19(24)14-8-15(20)18-16(9-14)25-11-26-18/h2-9H,10-11H2,1H3,(H,22,24). The van der Waals surface area contributed by atoms with Gasteiger partial charge in [-0.15, -0.1) is 0 Å². The van der Waals surface area contributed by atoms with Crippen LogP contribution >= 0.6 is 11.6 Å². The molecule has 0 bridgehead atoms. The Hall–Kier alpha value is -2.99. The predicted molar refractivity (Wildman–Crippen MR) is 98.0 cm³/mol. The Morgan fingerprint density at radius 1 is 1.27 bits per heavy atom. The maximum absolute atomic E-state index is 12.6. The highest BCUT2D eigenvalue weighted by molar-refractivity contribution is 6.32. The molecule has 26 heavy (non-hydrogen) atoms. The molecule has 1 aliphatic heterocycles. The van der Waals surface area contributed by atoms with Gasteiger partial charge < -0.3 is 14.8 Å². The zero-order chi connectivity index (χ0) is 18.1. The molecule has 6 nitrogen and oxygen atoms in total. The van der Waals surface area contributed by atoms with E-state index in [1.807, 2.05) is 25.1 Å². The van der Waals surface area contributed by atoms with E-state index < -0.39 is 0 Å². The van der Waals surface area contributed by atoms with Crippen LogP contribution < -0.4 is 14.8 Å². The largest absolute Gasteiger partial charge is 0.454 e. The van der Waals surface area contributed by atoms with Gasteiger partial charge in [-0.1, -0.05) is 41.4 Å². The quantitative estimate of drug-likeness (QED) is 0.758. The molecule has 0 saturated heterocycles. The van der Waals surface area contributed by atoms with Crippen LogP contribution in [0.2, 0.25) is 5.02 Å². The highest BCUT2D eigenvalue weighted by Gasteiger charge is 2.21. The number of hydrogen-bond acceptors (Lipinski definition) is 4. The molecule has 0 fully saturated rings. The fourth-order valence-corrected chi connectivity index (χ4v) is 3.10. The third-order valence-electron chi connectivity index (χ3n) is 4.06. The highest BCUT2D eigenvalue weighted by atomic mass is 35.5. The van der Waals surface area contributed by atoms with Crippen molar-refractivity contribution in [2.45, 2.75) is 13.5 Å². The minimum Gasteiger partial charge on any atom is -0.454 e. The Morgan fingerprint density at radius 3 is 3.00 bits per heavy atom. The topological polar surface area (TPSA) is 65.4 Å². The van der Waals surface area contributed by atoms with Gasteiger partial charge >= 0.3 is 0 Å². The lowest BCUT2D eigenvalue weighted by Crippen LogP contribution is -2.16. The second kappa shape index (κ2) is 6.72. The van der Waals surface area contributed by atoms with E-state index in [0.717, 1.165) is 5.56 Å². The average Bonchev–Trinajstić information content (AvgIpc) is 3.25. The van der Waals surface area contributed by atoms with Gasteiger partial charge in [-0.25, -0.2) is 4.68 Å². The van der Waals surface area contributed by atoms with Crippen molar-refractivity contribution >= 4 is 23.3 Å². The molecule has 4 rings (SSSR count). The highest BCUT2D eigenvalue weighted by Crippen LogP contribution is 2.39. The lowest BCUT2D eigenvalue weighted by atomic mass is 10.1. The van der Waals surface area contributed by atoms with E-state index in [4.69, 9.17) is 21.1 Å². The van der Waals surface area contributed by atoms with Gasteiger partial charge in [0.25, 0.3) is 5.91 Å². The Bertz CT molecular complexity index is 984. The zero-order valence-corrected chi connectivity index (χ0v) is 14.8. The summed E-state index contributed by atoms with van der Waals surface area (Å²) in [6, 6.07) is 13.1. The second-order valence-corrected chi connectivity index (χ2v) is 6.42. The number of aromatic nitrogens is 2. The third-order valence-corrected chi connectivity index (χ3v) is 4.34. The molecule has 2 aromatic carbocycles. The Labute approximate surface area is 155 Å². The summed E-state index contributed by atoms with van der Waals surface area (Å²) in [5.41, 5.74) is 2.67. The van der Waals surface area contributed by atoms with Gasteiger partial charge in [0, 0.05) is 11.6 Å². The van der Waals surface area contributed by atoms with E-state index >= 15 is 0 Å². The number of nitrogens with one attached hydrogen (secondary N) is 1. The van der Waals surface area contributed by atoms with Crippen molar-refractivity contribution in [2.75, 3.05) is 12.1 Å². The first-order valence-electron chi connectivity index (χ1n) is 8.08. The SMILES string of the molecule is Cc1cccc(Cn2nccc2NC(=O)c2cc(Cl)c3c(c2)OCO3)c1. The monoisotopic (exact) mass is 369 g/mol. The van der Waals surface area contributed by atoms with Crippen LogP contribution in [0.1, 0.15) is 21.5 Å². The molecule has 0 radical (unpaired) electrons. The number of fused-ring (bicyclic) bond motifs is 1. The summed E-state index contributed by atoms with van der Waals surface area (Å²) in [6.07, 6.45) is 1.65. The average molecular weight is 370 g/mol. The number of rotatable bonds is 4. The van der Waals surface area contributed by atoms with Crippen LogP contribution in [0, 0.1) is 6.92 Å². The van der Waals surface area contributed by atoms with Crippen molar-refractivity contribution in [2.24, 2.45) is 0 Å². The molecule has 3 aromatic rings. The molecule has 0 unspecified atom stereocenters. The summed E-state index contributed by atoms with van der Waals surface area (Å²) >= 11 is 6.15. The number of ether oxygens (including phenoxy) is 2. The summed E-state index contributed by atoms with van der Waals surface area (Å²) in [5.74, 6) is 1.24. The number of benzene rings is 2. The Kier molecular flexibility index (Phi) is 4.26. The minimum absolute atomic E-state index is 0.101. The number of halogens is 1. The Balaban J connectivity index is 1.54. The summed E-state index contributed by atoms with van der Waals surface area (Å²) in [4.78, 5) is 12.6. The summed E-state index contributed by atoms with van der Waals surface area (Å²) in [6.45, 7) is 2.70. The van der Waals surface area contributed by atoms with Gasteiger partial charge in [-0.05, 0) is 24.6 Å². The first-order chi connectivity index (χ1) is 12.6. The number of carbonyl (C=O) groups excluding carboxylic acids is 1. The van der Waals surface area contributed by atoms with Crippen LogP contribution in [-0.2, 0) is 6.54 Å². The predicted octanol–water partition coefficient (Wildman–Crippen LogP) is 3.87. The molecule has 1 N–H and O–H groups in total. The van der Waals surface area contributed by atoms with E-state index in [-0.39, 0.29) is 12.7 Å². The minimum atomic E-state index is -0.295. The van der Waals surface area contributed by atoms with Crippen molar-refractivity contribution in [1.29, 1.82) is 0 Å². The van der Waals surface area contributed by atoms with Gasteiger partial charge in [-0.2, -0.15) is 5.10 Å². The normalized spacial score (nSPS) is 12.2. The van der Waals surface area contributed by atoms with Crippen molar-refractivity contribution in [3.05, 3.63) is 70.4 Å². The second-order valence-electron chi connectivity index (χ2n) is 6.01. The lowest BCUT2D eigenvalue weighted by molar-refractivity contribution is 0.102. The van der Waals surface area contributed by atoms with E-state index in [2.05, 4.69) is 16.5 Å². The van der Waals surface area contributed by atoms with Crippen molar-refractivity contribution < 1.29 is 14.3 Å². The van der Waals surface area contributed by atoms with E-state index in [9.17, 15) is 4.79 Å². The van der Waals surface area contributed by atoms with Crippen LogP contribution in [-0.4, -0.2) is 22.5 Å². The number of amides is 1. The lowest BCUT2D eigenvalue weighted by Gasteiger charge is -2.10. The van der Waals surface area contributed by atoms with E-state index in [0.29, 0.717) is 34.4 Å². The molecule has 1 amide bonds. The first-order valence-corrected chi connectivity index (χ1v) is 8.46. The molecule has 2 heterocycles. The van der Waals surface area contributed by atoms with Gasteiger partial charge in [0.2, 0.25) is 6.79 Å². The van der Waals surface area contributed by atoms with Gasteiger partial charge in [0.15, 0.2) is 11.5 Å². The molecule has 1 aromatic heterocycles. The number of anilines is 1. The van der Waals surface area contributed by atoms with Crippen molar-refractivity contribution in [3.8, 4) is 11.5 Å².